The maximum atomic E-state index is 10.8. The monoisotopic (exact) mass is 408 g/mol. The van der Waals surface area contributed by atoms with Crippen LogP contribution < -0.4 is 0 Å². The molecular formula is C12H16N4O10S. The van der Waals surface area contributed by atoms with Crippen LogP contribution in [0.4, 0.5) is 17.1 Å². The minimum absolute atomic E-state index is 0.164. The van der Waals surface area contributed by atoms with Crippen molar-refractivity contribution in [3.8, 4) is 0 Å². The van der Waals surface area contributed by atoms with Crippen molar-refractivity contribution in [2.75, 3.05) is 32.8 Å². The number of aliphatic hydroxyl groups is 1. The van der Waals surface area contributed by atoms with Crippen molar-refractivity contribution in [1.82, 2.24) is 0 Å². The molecular weight excluding hydrogens is 392 g/mol. The Kier molecular flexibility index (Phi) is 6.85. The van der Waals surface area contributed by atoms with Gasteiger partial charge in [0.25, 0.3) is 5.69 Å². The molecule has 0 saturated carbocycles. The van der Waals surface area contributed by atoms with Gasteiger partial charge in [0.15, 0.2) is 0 Å². The van der Waals surface area contributed by atoms with Gasteiger partial charge in [0.2, 0.25) is 4.90 Å². The molecule has 0 radical (unpaired) electrons. The number of likely N-dealkylation sites (N-methyl/N-ethyl adjacent to an activating group) is 1. The van der Waals surface area contributed by atoms with Crippen LogP contribution >= 0.6 is 0 Å². The number of nitro groups is 3. The molecule has 150 valence electrons. The number of nitro benzene ring substituents is 3. The minimum Gasteiger partial charge on any atom is -0.744 e. The molecule has 1 heterocycles. The highest BCUT2D eigenvalue weighted by Gasteiger charge is 2.39. The van der Waals surface area contributed by atoms with E-state index in [1.54, 1.807) is 0 Å². The molecule has 1 N–H and O–H groups in total. The fourth-order valence-corrected chi connectivity index (χ4v) is 3.05. The quantitative estimate of drug-likeness (QED) is 0.212. The number of benzene rings is 1. The molecule has 0 bridgehead atoms. The summed E-state index contributed by atoms with van der Waals surface area (Å²) in [5, 5.41) is 40.2. The third-order valence-corrected chi connectivity index (χ3v) is 4.91. The maximum absolute atomic E-state index is 10.8. The van der Waals surface area contributed by atoms with E-state index in [0.717, 1.165) is 11.0 Å². The Morgan fingerprint density at radius 1 is 1.04 bits per heavy atom. The molecule has 1 aliphatic heterocycles. The van der Waals surface area contributed by atoms with Gasteiger partial charge in [-0.05, 0) is 6.92 Å². The fraction of sp³-hybridized carbons (Fsp3) is 0.500. The number of hydrogen-bond donors (Lipinski definition) is 1. The molecule has 1 aliphatic rings. The van der Waals surface area contributed by atoms with Crippen LogP contribution in [0.3, 0.4) is 0 Å². The van der Waals surface area contributed by atoms with E-state index in [0.29, 0.717) is 6.61 Å². The molecule has 0 atom stereocenters. The first-order valence-corrected chi connectivity index (χ1v) is 8.82. The molecule has 0 spiro atoms. The highest BCUT2D eigenvalue weighted by atomic mass is 32.2. The van der Waals surface area contributed by atoms with Gasteiger partial charge in [-0.15, -0.1) is 0 Å². The number of nitrogens with zero attached hydrogens (tertiary/aromatic N) is 4. The van der Waals surface area contributed by atoms with Crippen LogP contribution in [-0.4, -0.2) is 70.1 Å². The van der Waals surface area contributed by atoms with E-state index in [1.807, 2.05) is 0 Å². The Labute approximate surface area is 152 Å². The van der Waals surface area contributed by atoms with Gasteiger partial charge in [-0.2, -0.15) is 0 Å². The standard InChI is InChI=1S/C6H3N3O9S.C6H14NO/c10-7(11)3-1-4(8(12)13)6(19(16,17)18)5(2-3)9(14)15;1-2-7(3-4-7)5-6-8/h1-2H,(H,16,17,18);8H,2-6H2,1H3/q;+1/p-1. The summed E-state index contributed by atoms with van der Waals surface area (Å²) in [4.78, 5) is 25.8. The second-order valence-corrected chi connectivity index (χ2v) is 6.91. The van der Waals surface area contributed by atoms with Crippen molar-refractivity contribution in [2.24, 2.45) is 0 Å². The molecule has 1 fully saturated rings. The summed E-state index contributed by atoms with van der Waals surface area (Å²) in [7, 11) is -5.55. The first kappa shape index (κ1) is 22.3. The third kappa shape index (κ3) is 5.61. The van der Waals surface area contributed by atoms with E-state index < -0.39 is 46.8 Å². The topological polar surface area (TPSA) is 207 Å². The van der Waals surface area contributed by atoms with Gasteiger partial charge in [-0.25, -0.2) is 8.42 Å². The van der Waals surface area contributed by atoms with Crippen LogP contribution in [0.2, 0.25) is 0 Å². The van der Waals surface area contributed by atoms with Crippen LogP contribution in [0.1, 0.15) is 6.92 Å². The van der Waals surface area contributed by atoms with Crippen molar-refractivity contribution in [2.45, 2.75) is 11.8 Å². The molecule has 1 saturated heterocycles. The van der Waals surface area contributed by atoms with Gasteiger partial charge >= 0.3 is 11.4 Å². The van der Waals surface area contributed by atoms with E-state index in [1.165, 1.54) is 19.6 Å². The zero-order chi connectivity index (χ0) is 21.0. The average Bonchev–Trinajstić information content (AvgIpc) is 3.33. The van der Waals surface area contributed by atoms with Crippen molar-refractivity contribution < 1.29 is 37.3 Å². The Morgan fingerprint density at radius 3 is 1.67 bits per heavy atom. The van der Waals surface area contributed by atoms with E-state index in [2.05, 4.69) is 6.92 Å². The van der Waals surface area contributed by atoms with E-state index in [-0.39, 0.29) is 12.1 Å². The number of hydrogen-bond acceptors (Lipinski definition) is 10. The Morgan fingerprint density at radius 2 is 1.48 bits per heavy atom. The molecule has 15 heteroatoms. The summed E-state index contributed by atoms with van der Waals surface area (Å²) in [5.74, 6) is 0. The zero-order valence-corrected chi connectivity index (χ0v) is 14.8. The first-order valence-electron chi connectivity index (χ1n) is 7.41. The van der Waals surface area contributed by atoms with Gasteiger partial charge in [0.1, 0.15) is 29.8 Å². The summed E-state index contributed by atoms with van der Waals surface area (Å²) < 4.78 is 33.7. The summed E-state index contributed by atoms with van der Waals surface area (Å²) in [6.45, 7) is 7.28. The number of rotatable bonds is 7. The van der Waals surface area contributed by atoms with Crippen LogP contribution in [0, 0.1) is 30.3 Å². The van der Waals surface area contributed by atoms with Crippen LogP contribution in [0.25, 0.3) is 0 Å². The highest BCUT2D eigenvalue weighted by Crippen LogP contribution is 2.36. The molecule has 0 aliphatic carbocycles. The molecule has 2 rings (SSSR count). The SMILES string of the molecule is CC[N+]1(CCO)CC1.O=[N+]([O-])c1cc([N+](=O)[O-])c(S(=O)(=O)[O-])c([N+](=O)[O-])c1. The van der Waals surface area contributed by atoms with Crippen molar-refractivity contribution in [1.29, 1.82) is 0 Å². The van der Waals surface area contributed by atoms with Crippen molar-refractivity contribution >= 4 is 27.2 Å². The van der Waals surface area contributed by atoms with Gasteiger partial charge in [-0.3, -0.25) is 30.3 Å². The van der Waals surface area contributed by atoms with Gasteiger partial charge in [0, 0.05) is 0 Å². The molecule has 27 heavy (non-hydrogen) atoms. The first-order chi connectivity index (χ1) is 12.4. The van der Waals surface area contributed by atoms with Crippen molar-refractivity contribution in [3.05, 3.63) is 42.5 Å². The highest BCUT2D eigenvalue weighted by molar-refractivity contribution is 7.86. The lowest BCUT2D eigenvalue weighted by Crippen LogP contribution is -2.28. The summed E-state index contributed by atoms with van der Waals surface area (Å²) >= 11 is 0. The molecule has 1 aromatic rings. The summed E-state index contributed by atoms with van der Waals surface area (Å²) in [6, 6.07) is 0.329. The number of aliphatic hydroxyl groups excluding tert-OH is 1. The van der Waals surface area contributed by atoms with Crippen LogP contribution in [0.15, 0.2) is 17.0 Å². The number of quaternary nitrogens is 1. The summed E-state index contributed by atoms with van der Waals surface area (Å²) in [5.41, 5.74) is -4.11. The smallest absolute Gasteiger partial charge is 0.300 e. The fourth-order valence-electron chi connectivity index (χ4n) is 2.27. The molecule has 14 nitrogen and oxygen atoms in total. The van der Waals surface area contributed by atoms with E-state index >= 15 is 0 Å². The normalized spacial score (nSPS) is 14.6. The summed E-state index contributed by atoms with van der Waals surface area (Å²) in [6.07, 6.45) is 0. The van der Waals surface area contributed by atoms with Crippen molar-refractivity contribution in [3.63, 3.8) is 0 Å². The molecule has 0 unspecified atom stereocenters. The lowest BCUT2D eigenvalue weighted by atomic mass is 10.2. The second-order valence-electron chi connectivity index (χ2n) is 5.59. The largest absolute Gasteiger partial charge is 0.744 e. The molecule has 0 amide bonds. The second kappa shape index (κ2) is 8.30. The van der Waals surface area contributed by atoms with E-state index in [9.17, 15) is 43.3 Å². The average molecular weight is 408 g/mol. The van der Waals surface area contributed by atoms with Gasteiger partial charge < -0.3 is 14.1 Å². The maximum Gasteiger partial charge on any atom is 0.300 e. The van der Waals surface area contributed by atoms with Crippen LogP contribution in [-0.2, 0) is 10.1 Å². The Hall–Kier alpha value is -2.75. The lowest BCUT2D eigenvalue weighted by Gasteiger charge is -2.12. The third-order valence-electron chi connectivity index (χ3n) is 3.99. The zero-order valence-electron chi connectivity index (χ0n) is 14.0. The predicted molar refractivity (Wildman–Crippen MR) is 86.9 cm³/mol. The van der Waals surface area contributed by atoms with Crippen LogP contribution in [0.5, 0.6) is 0 Å². The van der Waals surface area contributed by atoms with Gasteiger partial charge in [-0.1, -0.05) is 0 Å². The van der Waals surface area contributed by atoms with Gasteiger partial charge in [0.05, 0.1) is 40.1 Å². The minimum atomic E-state index is -5.55. The predicted octanol–water partition coefficient (Wildman–Crippen LogP) is 0.144. The van der Waals surface area contributed by atoms with E-state index in [4.69, 9.17) is 5.11 Å². The lowest BCUT2D eigenvalue weighted by molar-refractivity contribution is -0.798. The molecule has 1 aromatic carbocycles. The molecule has 0 aromatic heterocycles. The number of non-ortho nitro benzene ring substituents is 1. The Balaban J connectivity index is 0.000000377. The Bertz CT molecular complexity index is 830.